The van der Waals surface area contributed by atoms with Crippen molar-refractivity contribution < 1.29 is 22.5 Å². The van der Waals surface area contributed by atoms with Gasteiger partial charge in [0.1, 0.15) is 22.6 Å². The summed E-state index contributed by atoms with van der Waals surface area (Å²) >= 11 is 0. The maximum Gasteiger partial charge on any atom is 0.411 e. The summed E-state index contributed by atoms with van der Waals surface area (Å²) in [5, 5.41) is 22.4. The van der Waals surface area contributed by atoms with Crippen LogP contribution >= 0.6 is 0 Å². The third kappa shape index (κ3) is 9.10. The Kier molecular flexibility index (Phi) is 10.2. The smallest absolute Gasteiger partial charge is 0.411 e. The summed E-state index contributed by atoms with van der Waals surface area (Å²) in [6.07, 6.45) is 6.61. The summed E-state index contributed by atoms with van der Waals surface area (Å²) in [5.41, 5.74) is -0.219. The van der Waals surface area contributed by atoms with Crippen LogP contribution in [-0.2, 0) is 14.9 Å². The molecule has 0 aliphatic carbocycles. The summed E-state index contributed by atoms with van der Waals surface area (Å²) in [5.74, 6) is 0. The fourth-order valence-electron chi connectivity index (χ4n) is 2.39. The Morgan fingerprint density at radius 1 is 1.17 bits per heavy atom. The van der Waals surface area contributed by atoms with Gasteiger partial charge in [0.25, 0.3) is 10.1 Å². The molecule has 0 aromatic heterocycles. The Bertz CT molecular complexity index is 898. The topological polar surface area (TPSA) is 152 Å². The van der Waals surface area contributed by atoms with Crippen molar-refractivity contribution >= 4 is 27.6 Å². The van der Waals surface area contributed by atoms with Crippen molar-refractivity contribution in [1.82, 2.24) is 0 Å². The predicted octanol–water partition coefficient (Wildman–Crippen LogP) is 4.19. The van der Waals surface area contributed by atoms with Gasteiger partial charge in [-0.15, -0.1) is 0 Å². The van der Waals surface area contributed by atoms with Crippen LogP contribution in [0.5, 0.6) is 0 Å². The molecule has 0 bridgehead atoms. The number of benzene rings is 1. The number of unbranched alkanes of at least 4 members (excludes halogenated alkanes) is 5. The lowest BCUT2D eigenvalue weighted by Crippen LogP contribution is -2.15. The molecule has 0 atom stereocenters. The molecule has 3 N–H and O–H groups in total. The van der Waals surface area contributed by atoms with Crippen LogP contribution in [0.3, 0.4) is 0 Å². The predicted molar refractivity (Wildman–Crippen MR) is 108 cm³/mol. The number of anilines is 2. The highest BCUT2D eigenvalue weighted by molar-refractivity contribution is 7.86. The number of rotatable bonds is 11. The summed E-state index contributed by atoms with van der Waals surface area (Å²) in [6.45, 7) is 2.40. The lowest BCUT2D eigenvalue weighted by atomic mass is 10.1. The van der Waals surface area contributed by atoms with E-state index in [0.717, 1.165) is 44.4 Å². The van der Waals surface area contributed by atoms with E-state index in [4.69, 9.17) is 15.3 Å². The zero-order valence-electron chi connectivity index (χ0n) is 16.1. The second-order valence-corrected chi connectivity index (χ2v) is 7.53. The molecule has 0 saturated carbocycles. The van der Waals surface area contributed by atoms with E-state index in [-0.39, 0.29) is 23.6 Å². The largest absolute Gasteiger partial charge is 0.449 e. The van der Waals surface area contributed by atoms with Crippen LogP contribution in [0.25, 0.3) is 0 Å². The third-order valence-corrected chi connectivity index (χ3v) is 4.76. The van der Waals surface area contributed by atoms with Gasteiger partial charge < -0.3 is 10.1 Å². The van der Waals surface area contributed by atoms with Crippen LogP contribution in [-0.4, -0.2) is 25.7 Å². The molecule has 0 spiro atoms. The first kappa shape index (κ1) is 24.0. The highest BCUT2D eigenvalue weighted by Crippen LogP contribution is 2.25. The zero-order chi connectivity index (χ0) is 21.7. The van der Waals surface area contributed by atoms with E-state index in [2.05, 4.69) is 17.6 Å². The van der Waals surface area contributed by atoms with Gasteiger partial charge in [0, 0.05) is 11.9 Å². The molecule has 0 fully saturated rings. The first-order valence-electron chi connectivity index (χ1n) is 9.14. The van der Waals surface area contributed by atoms with E-state index < -0.39 is 21.1 Å². The van der Waals surface area contributed by atoms with E-state index in [9.17, 15) is 17.8 Å². The Labute approximate surface area is 170 Å². The molecule has 1 aromatic carbocycles. The number of hydrogen-bond donors (Lipinski definition) is 3. The van der Waals surface area contributed by atoms with Gasteiger partial charge in [-0.2, -0.15) is 18.9 Å². The lowest BCUT2D eigenvalue weighted by molar-refractivity contribution is 0.159. The van der Waals surface area contributed by atoms with Gasteiger partial charge in [-0.3, -0.25) is 9.87 Å². The van der Waals surface area contributed by atoms with E-state index in [0.29, 0.717) is 0 Å². The summed E-state index contributed by atoms with van der Waals surface area (Å²) in [6, 6.07) is 6.80. The minimum atomic E-state index is -4.57. The average molecular weight is 420 g/mol. The fraction of sp³-hybridized carbons (Fsp3) is 0.421. The molecule has 9 nitrogen and oxygen atoms in total. The Morgan fingerprint density at radius 2 is 1.83 bits per heavy atom. The van der Waals surface area contributed by atoms with Gasteiger partial charge in [0.05, 0.1) is 12.3 Å². The maximum absolute atomic E-state index is 11.9. The highest BCUT2D eigenvalue weighted by atomic mass is 32.2. The van der Waals surface area contributed by atoms with E-state index in [1.807, 2.05) is 0 Å². The minimum Gasteiger partial charge on any atom is -0.449 e. The van der Waals surface area contributed by atoms with Crippen LogP contribution in [0, 0.1) is 22.7 Å². The number of carbonyl (C=O) groups excluding carboxylic acids is 1. The van der Waals surface area contributed by atoms with Crippen LogP contribution in [0.15, 0.2) is 34.9 Å². The van der Waals surface area contributed by atoms with Gasteiger partial charge in [-0.25, -0.2) is 4.79 Å². The SMILES string of the molecule is CCCCCCCCOC(=O)Nc1ccc(S(=O)(=O)O)c(NC=C(C#N)C#N)c1. The number of nitrogens with zero attached hydrogens (tertiary/aromatic N) is 2. The number of hydrogen-bond acceptors (Lipinski definition) is 7. The molecule has 156 valence electrons. The summed E-state index contributed by atoms with van der Waals surface area (Å²) in [7, 11) is -4.57. The normalized spacial score (nSPS) is 10.3. The molecule has 29 heavy (non-hydrogen) atoms. The van der Waals surface area contributed by atoms with Crippen LogP contribution in [0.2, 0.25) is 0 Å². The number of carbonyl (C=O) groups is 1. The van der Waals surface area contributed by atoms with Crippen molar-refractivity contribution in [3.63, 3.8) is 0 Å². The molecule has 0 aliphatic heterocycles. The number of ether oxygens (including phenoxy) is 1. The first-order chi connectivity index (χ1) is 13.8. The van der Waals surface area contributed by atoms with Crippen molar-refractivity contribution in [2.75, 3.05) is 17.2 Å². The second-order valence-electron chi connectivity index (χ2n) is 6.14. The number of nitrogens with one attached hydrogen (secondary N) is 2. The molecular weight excluding hydrogens is 396 g/mol. The quantitative estimate of drug-likeness (QED) is 0.274. The van der Waals surface area contributed by atoms with E-state index >= 15 is 0 Å². The lowest BCUT2D eigenvalue weighted by Gasteiger charge is -2.11. The average Bonchev–Trinajstić information content (AvgIpc) is 2.67. The molecule has 0 aliphatic rings. The van der Waals surface area contributed by atoms with Gasteiger partial charge in [-0.1, -0.05) is 39.0 Å². The van der Waals surface area contributed by atoms with Crippen LogP contribution in [0.4, 0.5) is 16.2 Å². The van der Waals surface area contributed by atoms with Gasteiger partial charge in [0.15, 0.2) is 0 Å². The molecule has 0 saturated heterocycles. The second kappa shape index (κ2) is 12.4. The molecule has 1 aromatic rings. The van der Waals surface area contributed by atoms with Gasteiger partial charge in [0.2, 0.25) is 0 Å². The number of allylic oxidation sites excluding steroid dienone is 1. The van der Waals surface area contributed by atoms with E-state index in [1.165, 1.54) is 18.6 Å². The van der Waals surface area contributed by atoms with Crippen molar-refractivity contribution in [3.8, 4) is 12.1 Å². The summed E-state index contributed by atoms with van der Waals surface area (Å²) in [4.78, 5) is 11.4. The van der Waals surface area contributed by atoms with E-state index in [1.54, 1.807) is 12.1 Å². The van der Waals surface area contributed by atoms with Gasteiger partial charge >= 0.3 is 6.09 Å². The van der Waals surface area contributed by atoms with Crippen LogP contribution in [0.1, 0.15) is 45.4 Å². The Balaban J connectivity index is 2.74. The summed E-state index contributed by atoms with van der Waals surface area (Å²) < 4.78 is 37.4. The van der Waals surface area contributed by atoms with Crippen molar-refractivity contribution in [2.24, 2.45) is 0 Å². The monoisotopic (exact) mass is 420 g/mol. The zero-order valence-corrected chi connectivity index (χ0v) is 17.0. The fourth-order valence-corrected chi connectivity index (χ4v) is 3.02. The van der Waals surface area contributed by atoms with Crippen molar-refractivity contribution in [1.29, 1.82) is 10.5 Å². The first-order valence-corrected chi connectivity index (χ1v) is 10.6. The maximum atomic E-state index is 11.9. The highest BCUT2D eigenvalue weighted by Gasteiger charge is 2.16. The Morgan fingerprint density at radius 3 is 2.45 bits per heavy atom. The minimum absolute atomic E-state index is 0.121. The van der Waals surface area contributed by atoms with Crippen LogP contribution < -0.4 is 10.6 Å². The van der Waals surface area contributed by atoms with Crippen molar-refractivity contribution in [3.05, 3.63) is 30.0 Å². The molecule has 0 heterocycles. The third-order valence-electron chi connectivity index (χ3n) is 3.85. The Hall–Kier alpha value is -3.08. The molecule has 1 rings (SSSR count). The number of nitriles is 2. The molecular formula is C19H24N4O5S. The van der Waals surface area contributed by atoms with Crippen molar-refractivity contribution in [2.45, 2.75) is 50.3 Å². The molecule has 0 unspecified atom stereocenters. The molecule has 10 heteroatoms. The molecule has 0 radical (unpaired) electrons. The number of amides is 1. The molecule has 1 amide bonds. The standard InChI is InChI=1S/C19H24N4O5S/c1-2-3-4-5-6-7-10-28-19(24)23-16-8-9-18(29(25,26)27)17(11-16)22-14-15(12-20)13-21/h8-9,11,14,22H,2-7,10H2,1H3,(H,23,24)(H,25,26,27). The van der Waals surface area contributed by atoms with Gasteiger partial charge in [-0.05, 0) is 24.6 Å².